The summed E-state index contributed by atoms with van der Waals surface area (Å²) in [7, 11) is 1.30. The summed E-state index contributed by atoms with van der Waals surface area (Å²) < 4.78 is 28.6. The third-order valence-corrected chi connectivity index (χ3v) is 1.30. The maximum Gasteiger partial charge on any atom is 0.265 e. The predicted octanol–water partition coefficient (Wildman–Crippen LogP) is 1.73. The van der Waals surface area contributed by atoms with Crippen molar-refractivity contribution < 1.29 is 18.6 Å². The molecule has 1 heterocycles. The van der Waals surface area contributed by atoms with Crippen LogP contribution in [0.15, 0.2) is 12.3 Å². The quantitative estimate of drug-likeness (QED) is 0.744. The molecule has 0 fully saturated rings. The van der Waals surface area contributed by atoms with Gasteiger partial charge in [0.2, 0.25) is 0 Å². The molecule has 1 aromatic rings. The second-order valence-corrected chi connectivity index (χ2v) is 2.10. The number of ether oxygens (including phenoxy) is 1. The molecule has 12 heavy (non-hydrogen) atoms. The number of hydrogen-bond donors (Lipinski definition) is 1. The van der Waals surface area contributed by atoms with E-state index in [4.69, 9.17) is 5.11 Å². The lowest BCUT2D eigenvalue weighted by Gasteiger charge is -2.03. The Labute approximate surface area is 67.6 Å². The van der Waals surface area contributed by atoms with Gasteiger partial charge in [0, 0.05) is 11.8 Å². The van der Waals surface area contributed by atoms with E-state index in [1.165, 1.54) is 7.11 Å². The molecule has 0 aliphatic carbocycles. The normalized spacial score (nSPS) is 10.3. The maximum atomic E-state index is 12.0. The summed E-state index contributed by atoms with van der Waals surface area (Å²) in [6, 6.07) is 0.927. The molecule has 0 aliphatic heterocycles. The van der Waals surface area contributed by atoms with Crippen LogP contribution in [0.2, 0.25) is 0 Å². The molecule has 0 aliphatic rings. The molecule has 0 bridgehead atoms. The first kappa shape index (κ1) is 8.70. The molecule has 5 heteroatoms. The third kappa shape index (κ3) is 1.61. The van der Waals surface area contributed by atoms with E-state index in [1.807, 2.05) is 0 Å². The van der Waals surface area contributed by atoms with Crippen molar-refractivity contribution in [3.05, 3.63) is 17.8 Å². The van der Waals surface area contributed by atoms with Crippen LogP contribution in [0.1, 0.15) is 12.0 Å². The topological polar surface area (TPSA) is 42.4 Å². The van der Waals surface area contributed by atoms with Crippen molar-refractivity contribution in [2.75, 3.05) is 7.11 Å². The van der Waals surface area contributed by atoms with Gasteiger partial charge in [0.25, 0.3) is 12.3 Å². The summed E-state index contributed by atoms with van der Waals surface area (Å²) in [6.07, 6.45) is -1.67. The number of halogens is 2. The molecule has 0 radical (unpaired) electrons. The number of aromatic nitrogens is 1. The molecular weight excluding hydrogens is 168 g/mol. The van der Waals surface area contributed by atoms with Crippen LogP contribution >= 0.6 is 0 Å². The van der Waals surface area contributed by atoms with Gasteiger partial charge in [-0.15, -0.1) is 0 Å². The van der Waals surface area contributed by atoms with E-state index in [0.717, 1.165) is 12.3 Å². The maximum absolute atomic E-state index is 12.0. The average molecular weight is 175 g/mol. The third-order valence-electron chi connectivity index (χ3n) is 1.30. The molecule has 1 N–H and O–H groups in total. The molecule has 1 rings (SSSR count). The molecule has 3 nitrogen and oxygen atoms in total. The number of pyridine rings is 1. The summed E-state index contributed by atoms with van der Waals surface area (Å²) in [4.78, 5) is 3.47. The minimum Gasteiger partial charge on any atom is -0.503 e. The number of alkyl halides is 2. The number of rotatable bonds is 2. The lowest BCUT2D eigenvalue weighted by molar-refractivity contribution is 0.150. The van der Waals surface area contributed by atoms with Crippen LogP contribution in [0.25, 0.3) is 0 Å². The highest BCUT2D eigenvalue weighted by atomic mass is 19.3. The smallest absolute Gasteiger partial charge is 0.265 e. The molecule has 0 amide bonds. The van der Waals surface area contributed by atoms with E-state index in [2.05, 4.69) is 9.72 Å². The molecule has 1 aromatic heterocycles. The number of hydrogen-bond acceptors (Lipinski definition) is 3. The van der Waals surface area contributed by atoms with Gasteiger partial charge in [-0.1, -0.05) is 0 Å². The van der Waals surface area contributed by atoms with Crippen LogP contribution < -0.4 is 4.74 Å². The van der Waals surface area contributed by atoms with Gasteiger partial charge in [-0.2, -0.15) is 0 Å². The summed E-state index contributed by atoms with van der Waals surface area (Å²) >= 11 is 0. The Morgan fingerprint density at radius 1 is 1.58 bits per heavy atom. The average Bonchev–Trinajstić information content (AvgIpc) is 2.04. The van der Waals surface area contributed by atoms with Crippen LogP contribution in [0, 0.1) is 0 Å². The molecule has 0 atom stereocenters. The van der Waals surface area contributed by atoms with Gasteiger partial charge in [-0.05, 0) is 6.07 Å². The molecule has 0 unspecified atom stereocenters. The second-order valence-electron chi connectivity index (χ2n) is 2.10. The zero-order valence-electron chi connectivity index (χ0n) is 6.29. The van der Waals surface area contributed by atoms with Crippen LogP contribution in [-0.2, 0) is 0 Å². The lowest BCUT2D eigenvalue weighted by atomic mass is 10.3. The van der Waals surface area contributed by atoms with E-state index >= 15 is 0 Å². The van der Waals surface area contributed by atoms with Crippen molar-refractivity contribution in [2.45, 2.75) is 6.43 Å². The van der Waals surface area contributed by atoms with Crippen LogP contribution in [0.5, 0.6) is 11.6 Å². The summed E-state index contributed by atoms with van der Waals surface area (Å²) in [5.41, 5.74) is -0.326. The zero-order chi connectivity index (χ0) is 9.14. The van der Waals surface area contributed by atoms with Gasteiger partial charge in [0.05, 0.1) is 7.11 Å². The Bertz CT molecular complexity index is 278. The van der Waals surface area contributed by atoms with Crippen molar-refractivity contribution in [1.82, 2.24) is 4.98 Å². The highest BCUT2D eigenvalue weighted by molar-refractivity contribution is 5.35. The number of aromatic hydroxyl groups is 1. The predicted molar refractivity (Wildman–Crippen MR) is 37.4 cm³/mol. The van der Waals surface area contributed by atoms with Gasteiger partial charge in [0.1, 0.15) is 0 Å². The molecule has 0 saturated carbocycles. The van der Waals surface area contributed by atoms with Crippen molar-refractivity contribution >= 4 is 0 Å². The highest BCUT2D eigenvalue weighted by Gasteiger charge is 2.11. The second kappa shape index (κ2) is 3.34. The fourth-order valence-electron chi connectivity index (χ4n) is 0.733. The first-order valence-electron chi connectivity index (χ1n) is 3.16. The Morgan fingerprint density at radius 2 is 2.25 bits per heavy atom. The van der Waals surface area contributed by atoms with Gasteiger partial charge >= 0.3 is 0 Å². The van der Waals surface area contributed by atoms with Gasteiger partial charge in [-0.25, -0.2) is 13.8 Å². The van der Waals surface area contributed by atoms with Gasteiger partial charge in [0.15, 0.2) is 5.75 Å². The minimum absolute atomic E-state index is 0.0561. The Morgan fingerprint density at radius 3 is 2.67 bits per heavy atom. The van der Waals surface area contributed by atoms with Crippen molar-refractivity contribution in [3.8, 4) is 11.6 Å². The van der Waals surface area contributed by atoms with Crippen LogP contribution in [0.4, 0.5) is 8.78 Å². The molecule has 66 valence electrons. The first-order valence-corrected chi connectivity index (χ1v) is 3.16. The van der Waals surface area contributed by atoms with E-state index in [-0.39, 0.29) is 17.2 Å². The summed E-state index contributed by atoms with van der Waals surface area (Å²) in [5.74, 6) is -0.435. The van der Waals surface area contributed by atoms with Crippen molar-refractivity contribution in [3.63, 3.8) is 0 Å². The van der Waals surface area contributed by atoms with Crippen molar-refractivity contribution in [1.29, 1.82) is 0 Å². The van der Waals surface area contributed by atoms with Crippen LogP contribution in [-0.4, -0.2) is 17.2 Å². The SMILES string of the molecule is COc1ncc(C(F)F)cc1O. The van der Waals surface area contributed by atoms with E-state index in [9.17, 15) is 8.78 Å². The van der Waals surface area contributed by atoms with Gasteiger partial charge < -0.3 is 9.84 Å². The largest absolute Gasteiger partial charge is 0.503 e. The molecule has 0 saturated heterocycles. The lowest BCUT2D eigenvalue weighted by Crippen LogP contribution is -1.91. The molecule has 0 spiro atoms. The van der Waals surface area contributed by atoms with Crippen molar-refractivity contribution in [2.24, 2.45) is 0 Å². The monoisotopic (exact) mass is 175 g/mol. The fraction of sp³-hybridized carbons (Fsp3) is 0.286. The molecular formula is C7H7F2NO2. The minimum atomic E-state index is -2.63. The first-order chi connectivity index (χ1) is 5.65. The number of nitrogens with zero attached hydrogens (tertiary/aromatic N) is 1. The van der Waals surface area contributed by atoms with E-state index in [1.54, 1.807) is 0 Å². The summed E-state index contributed by atoms with van der Waals surface area (Å²) in [6.45, 7) is 0. The number of methoxy groups -OCH3 is 1. The summed E-state index contributed by atoms with van der Waals surface area (Å²) in [5, 5.41) is 9.02. The Balaban J connectivity index is 3.02. The zero-order valence-corrected chi connectivity index (χ0v) is 6.29. The standard InChI is InChI=1S/C7H7F2NO2/c1-12-7-5(11)2-4(3-10-7)6(8)9/h2-3,6,11H,1H3. The fourth-order valence-corrected chi connectivity index (χ4v) is 0.733. The van der Waals surface area contributed by atoms with E-state index in [0.29, 0.717) is 0 Å². The highest BCUT2D eigenvalue weighted by Crippen LogP contribution is 2.27. The molecule has 0 aromatic carbocycles. The van der Waals surface area contributed by atoms with Crippen LogP contribution in [0.3, 0.4) is 0 Å². The Kier molecular flexibility index (Phi) is 2.42. The Hall–Kier alpha value is -1.39. The van der Waals surface area contributed by atoms with E-state index < -0.39 is 6.43 Å². The van der Waals surface area contributed by atoms with Gasteiger partial charge in [-0.3, -0.25) is 0 Å².